The van der Waals surface area contributed by atoms with E-state index in [1.165, 1.54) is 0 Å². The lowest BCUT2D eigenvalue weighted by atomic mass is 10.0. The first-order valence-electron chi connectivity index (χ1n) is 10.9. The van der Waals surface area contributed by atoms with Gasteiger partial charge in [-0.1, -0.05) is 60.7 Å². The average Bonchev–Trinajstić information content (AvgIpc) is 2.76. The lowest BCUT2D eigenvalue weighted by molar-refractivity contribution is -0.149. The maximum absolute atomic E-state index is 13.0. The van der Waals surface area contributed by atoms with Crippen LogP contribution in [0.1, 0.15) is 38.3 Å². The van der Waals surface area contributed by atoms with Crippen LogP contribution in [0.5, 0.6) is 0 Å². The number of nitrogens with two attached hydrogens (primary N) is 1. The van der Waals surface area contributed by atoms with E-state index in [2.05, 4.69) is 10.6 Å². The van der Waals surface area contributed by atoms with Crippen LogP contribution in [0.15, 0.2) is 60.7 Å². The Morgan fingerprint density at radius 3 is 1.94 bits per heavy atom. The maximum atomic E-state index is 13.0. The third-order valence-corrected chi connectivity index (χ3v) is 4.52. The van der Waals surface area contributed by atoms with Crippen molar-refractivity contribution < 1.29 is 28.7 Å². The number of benzene rings is 2. The summed E-state index contributed by atoms with van der Waals surface area (Å²) in [5, 5.41) is 4.93. The van der Waals surface area contributed by atoms with E-state index in [9.17, 15) is 19.2 Å². The molecular formula is C25H31N3O6. The summed E-state index contributed by atoms with van der Waals surface area (Å²) in [5.41, 5.74) is 6.03. The molecule has 2 aromatic carbocycles. The second kappa shape index (κ2) is 12.4. The summed E-state index contributed by atoms with van der Waals surface area (Å²) in [6, 6.07) is 15.8. The molecule has 0 spiro atoms. The number of esters is 1. The van der Waals surface area contributed by atoms with Gasteiger partial charge in [0.1, 0.15) is 24.3 Å². The minimum absolute atomic E-state index is 0.0295. The number of hydrogen-bond acceptors (Lipinski definition) is 6. The Bertz CT molecular complexity index is 973. The molecule has 0 saturated heterocycles. The van der Waals surface area contributed by atoms with Crippen LogP contribution in [0.3, 0.4) is 0 Å². The molecule has 9 nitrogen and oxygen atoms in total. The number of carbonyl (C=O) groups excluding carboxylic acids is 4. The summed E-state index contributed by atoms with van der Waals surface area (Å²) >= 11 is 0. The molecule has 2 atom stereocenters. The van der Waals surface area contributed by atoms with Crippen molar-refractivity contribution in [1.29, 1.82) is 0 Å². The van der Waals surface area contributed by atoms with Crippen molar-refractivity contribution in [1.82, 2.24) is 10.6 Å². The van der Waals surface area contributed by atoms with Gasteiger partial charge in [0.15, 0.2) is 0 Å². The predicted octanol–water partition coefficient (Wildman–Crippen LogP) is 2.23. The van der Waals surface area contributed by atoms with E-state index in [1.807, 2.05) is 60.7 Å². The Balaban J connectivity index is 2.14. The molecule has 3 amide bonds. The van der Waals surface area contributed by atoms with Crippen molar-refractivity contribution in [2.45, 2.75) is 57.9 Å². The molecule has 0 fully saturated rings. The van der Waals surface area contributed by atoms with Gasteiger partial charge >= 0.3 is 12.1 Å². The van der Waals surface area contributed by atoms with E-state index in [4.69, 9.17) is 15.2 Å². The molecule has 4 N–H and O–H groups in total. The van der Waals surface area contributed by atoms with E-state index >= 15 is 0 Å². The predicted molar refractivity (Wildman–Crippen MR) is 125 cm³/mol. The fourth-order valence-electron chi connectivity index (χ4n) is 3.00. The quantitative estimate of drug-likeness (QED) is 0.457. The fourth-order valence-corrected chi connectivity index (χ4v) is 3.00. The minimum atomic E-state index is -1.33. The Morgan fingerprint density at radius 1 is 0.853 bits per heavy atom. The molecule has 0 bridgehead atoms. The number of alkyl carbamates (subject to hydrolysis) is 1. The molecule has 9 heteroatoms. The number of hydrogen-bond donors (Lipinski definition) is 3. The number of primary amides is 1. The molecule has 0 saturated carbocycles. The number of amides is 3. The van der Waals surface area contributed by atoms with Gasteiger partial charge in [-0.25, -0.2) is 9.59 Å². The lowest BCUT2D eigenvalue weighted by Crippen LogP contribution is -2.54. The molecule has 0 aliphatic heterocycles. The zero-order valence-corrected chi connectivity index (χ0v) is 19.6. The van der Waals surface area contributed by atoms with Crippen LogP contribution >= 0.6 is 0 Å². The van der Waals surface area contributed by atoms with Gasteiger partial charge < -0.3 is 25.8 Å². The van der Waals surface area contributed by atoms with Crippen molar-refractivity contribution in [3.63, 3.8) is 0 Å². The van der Waals surface area contributed by atoms with E-state index in [-0.39, 0.29) is 13.0 Å². The van der Waals surface area contributed by atoms with Gasteiger partial charge in [0.25, 0.3) is 0 Å². The van der Waals surface area contributed by atoms with Gasteiger partial charge in [0.05, 0.1) is 6.42 Å². The van der Waals surface area contributed by atoms with E-state index < -0.39 is 48.0 Å². The zero-order chi connectivity index (χ0) is 25.1. The first-order valence-corrected chi connectivity index (χ1v) is 10.9. The molecule has 34 heavy (non-hydrogen) atoms. The van der Waals surface area contributed by atoms with E-state index in [1.54, 1.807) is 20.8 Å². The lowest BCUT2D eigenvalue weighted by Gasteiger charge is -2.24. The highest BCUT2D eigenvalue weighted by Crippen LogP contribution is 2.10. The monoisotopic (exact) mass is 469 g/mol. The largest absolute Gasteiger partial charge is 0.459 e. The van der Waals surface area contributed by atoms with Gasteiger partial charge in [-0.05, 0) is 31.9 Å². The second-order valence-electron chi connectivity index (χ2n) is 8.71. The van der Waals surface area contributed by atoms with Gasteiger partial charge in [-0.3, -0.25) is 9.59 Å². The summed E-state index contributed by atoms with van der Waals surface area (Å²) in [6.45, 7) is 5.01. The summed E-state index contributed by atoms with van der Waals surface area (Å²) in [4.78, 5) is 49.5. The SMILES string of the molecule is CC(C)(C)OC(=O)N[C@@H](CC(N)=O)C(=O)N[C@H](Cc1ccccc1)C(=O)OCc1ccccc1. The summed E-state index contributed by atoms with van der Waals surface area (Å²) in [5.74, 6) is -2.22. The molecular weight excluding hydrogens is 438 g/mol. The molecule has 2 aromatic rings. The van der Waals surface area contributed by atoms with Crippen LogP contribution in [0, 0.1) is 0 Å². The third kappa shape index (κ3) is 9.72. The van der Waals surface area contributed by atoms with Crippen LogP contribution in [-0.2, 0) is 36.9 Å². The Labute approximate surface area is 199 Å². The number of rotatable bonds is 10. The Hall–Kier alpha value is -3.88. The average molecular weight is 470 g/mol. The van der Waals surface area contributed by atoms with Crippen molar-refractivity contribution in [3.8, 4) is 0 Å². The third-order valence-electron chi connectivity index (χ3n) is 4.52. The van der Waals surface area contributed by atoms with Crippen molar-refractivity contribution >= 4 is 23.9 Å². The highest BCUT2D eigenvalue weighted by molar-refractivity contribution is 5.93. The van der Waals surface area contributed by atoms with Gasteiger partial charge in [0, 0.05) is 6.42 Å². The van der Waals surface area contributed by atoms with Crippen LogP contribution in [0.2, 0.25) is 0 Å². The van der Waals surface area contributed by atoms with Gasteiger partial charge in [-0.2, -0.15) is 0 Å². The van der Waals surface area contributed by atoms with Gasteiger partial charge in [-0.15, -0.1) is 0 Å². The minimum Gasteiger partial charge on any atom is -0.459 e. The summed E-state index contributed by atoms with van der Waals surface area (Å²) in [6.07, 6.45) is -1.21. The number of nitrogens with one attached hydrogen (secondary N) is 2. The Kier molecular flexibility index (Phi) is 9.61. The first kappa shape index (κ1) is 26.4. The topological polar surface area (TPSA) is 137 Å². The fraction of sp³-hybridized carbons (Fsp3) is 0.360. The van der Waals surface area contributed by atoms with Crippen LogP contribution in [0.25, 0.3) is 0 Å². The second-order valence-corrected chi connectivity index (χ2v) is 8.71. The molecule has 2 rings (SSSR count). The first-order chi connectivity index (χ1) is 16.0. The van der Waals surface area contributed by atoms with E-state index in [0.717, 1.165) is 11.1 Å². The standard InChI is InChI=1S/C25H31N3O6/c1-25(2,3)34-24(32)28-19(15-21(26)29)22(30)27-20(14-17-10-6-4-7-11-17)23(31)33-16-18-12-8-5-9-13-18/h4-13,19-20H,14-16H2,1-3H3,(H2,26,29)(H,27,30)(H,28,32)/t19-,20+/m0/s1. The summed E-state index contributed by atoms with van der Waals surface area (Å²) in [7, 11) is 0. The zero-order valence-electron chi connectivity index (χ0n) is 19.6. The highest BCUT2D eigenvalue weighted by Gasteiger charge is 2.30. The van der Waals surface area contributed by atoms with Gasteiger partial charge in [0.2, 0.25) is 11.8 Å². The van der Waals surface area contributed by atoms with Crippen LogP contribution in [0.4, 0.5) is 4.79 Å². The molecule has 0 heterocycles. The number of carbonyl (C=O) groups is 4. The van der Waals surface area contributed by atoms with Crippen LogP contribution in [-0.4, -0.2) is 41.6 Å². The summed E-state index contributed by atoms with van der Waals surface area (Å²) < 4.78 is 10.6. The molecule has 182 valence electrons. The smallest absolute Gasteiger partial charge is 0.408 e. The molecule has 0 unspecified atom stereocenters. The van der Waals surface area contributed by atoms with Crippen molar-refractivity contribution in [2.24, 2.45) is 5.73 Å². The van der Waals surface area contributed by atoms with Crippen molar-refractivity contribution in [2.75, 3.05) is 0 Å². The maximum Gasteiger partial charge on any atom is 0.408 e. The van der Waals surface area contributed by atoms with Crippen molar-refractivity contribution in [3.05, 3.63) is 71.8 Å². The highest BCUT2D eigenvalue weighted by atomic mass is 16.6. The normalized spacial score (nSPS) is 12.7. The number of ether oxygens (including phenoxy) is 2. The van der Waals surface area contributed by atoms with Crippen LogP contribution < -0.4 is 16.4 Å². The molecule has 0 aromatic heterocycles. The Morgan fingerprint density at radius 2 is 1.41 bits per heavy atom. The molecule has 0 radical (unpaired) electrons. The molecule has 0 aliphatic carbocycles. The molecule has 0 aliphatic rings. The van der Waals surface area contributed by atoms with E-state index in [0.29, 0.717) is 0 Å².